The topological polar surface area (TPSA) is 38.7 Å². The van der Waals surface area contributed by atoms with Crippen LogP contribution in [0.5, 0.6) is 0 Å². The molecule has 1 N–H and O–H groups in total. The number of aliphatic hydroxyl groups is 1. The van der Waals surface area contributed by atoms with Crippen LogP contribution in [0.3, 0.4) is 0 Å². The lowest BCUT2D eigenvalue weighted by Gasteiger charge is -2.40. The normalized spacial score (nSPS) is 20.6. The van der Waals surface area contributed by atoms with Crippen LogP contribution in [0.25, 0.3) is 0 Å². The maximum Gasteiger partial charge on any atom is 0.389 e. The van der Waals surface area contributed by atoms with Crippen molar-refractivity contribution in [3.05, 3.63) is 11.6 Å². The van der Waals surface area contributed by atoms with E-state index in [0.29, 0.717) is 18.8 Å². The third-order valence-electron chi connectivity index (χ3n) is 8.80. The molecule has 0 aliphatic heterocycles. The first kappa shape index (κ1) is 33.9. The summed E-state index contributed by atoms with van der Waals surface area (Å²) < 4.78 is 51.7. The van der Waals surface area contributed by atoms with Crippen LogP contribution >= 0.6 is 0 Å². The molecular formula is C28H55F3O3Si2. The summed E-state index contributed by atoms with van der Waals surface area (Å²) in [4.78, 5) is 0. The molecule has 0 saturated heterocycles. The van der Waals surface area contributed by atoms with Gasteiger partial charge in [0.15, 0.2) is 16.6 Å². The van der Waals surface area contributed by atoms with Crippen LogP contribution in [0.4, 0.5) is 13.2 Å². The number of rotatable bonds is 17. The van der Waals surface area contributed by atoms with E-state index in [1.807, 2.05) is 0 Å². The van der Waals surface area contributed by atoms with Crippen LogP contribution < -0.4 is 0 Å². The van der Waals surface area contributed by atoms with E-state index < -0.39 is 29.2 Å². The SMILES string of the molecule is CC[Si](CC)(CC)OC1CC=C(CCC(CCCCC(F)(F)F)O[Si](C)(C)C(C)(C)C)C1CCCO. The van der Waals surface area contributed by atoms with Crippen molar-refractivity contribution in [2.45, 2.75) is 154 Å². The number of hydrogen-bond donors (Lipinski definition) is 1. The number of aliphatic hydroxyl groups excluding tert-OH is 1. The zero-order valence-corrected chi connectivity index (χ0v) is 26.4. The summed E-state index contributed by atoms with van der Waals surface area (Å²) in [6.45, 7) is 18.0. The molecule has 1 rings (SSSR count). The largest absolute Gasteiger partial charge is 0.414 e. The van der Waals surface area contributed by atoms with Crippen LogP contribution in [0.1, 0.15) is 99.3 Å². The van der Waals surface area contributed by atoms with Gasteiger partial charge in [-0.25, -0.2) is 0 Å². The minimum atomic E-state index is -4.09. The Hall–Kier alpha value is -0.156. The second-order valence-corrected chi connectivity index (χ2v) is 21.8. The number of unbranched alkanes of at least 4 members (excludes halogenated alkanes) is 1. The van der Waals surface area contributed by atoms with E-state index in [1.165, 1.54) is 5.57 Å². The summed E-state index contributed by atoms with van der Waals surface area (Å²) in [6, 6.07) is 3.37. The van der Waals surface area contributed by atoms with Crippen LogP contribution in [0.15, 0.2) is 11.6 Å². The Bertz CT molecular complexity index is 647. The Morgan fingerprint density at radius 3 is 2.11 bits per heavy atom. The molecule has 0 fully saturated rings. The highest BCUT2D eigenvalue weighted by Crippen LogP contribution is 2.41. The lowest BCUT2D eigenvalue weighted by Crippen LogP contribution is -2.44. The standard InChI is InChI=1S/C28H55F3O3Si2/c1-9-36(10-2,11-3)34-26-20-18-23(25(26)16-14-22-32)17-19-24(15-12-13-21-28(29,30)31)33-35(7,8)27(4,5)6/h18,24-26,32H,9-17,19-22H2,1-8H3. The minimum Gasteiger partial charge on any atom is -0.414 e. The lowest BCUT2D eigenvalue weighted by atomic mass is 9.90. The van der Waals surface area contributed by atoms with E-state index in [9.17, 15) is 18.3 Å². The van der Waals surface area contributed by atoms with Gasteiger partial charge >= 0.3 is 6.18 Å². The molecule has 1 aliphatic rings. The average molecular weight is 553 g/mol. The smallest absolute Gasteiger partial charge is 0.389 e. The highest BCUT2D eigenvalue weighted by molar-refractivity contribution is 6.74. The summed E-state index contributed by atoms with van der Waals surface area (Å²) in [5.74, 6) is 0.326. The first-order chi connectivity index (χ1) is 16.6. The van der Waals surface area contributed by atoms with Crippen molar-refractivity contribution < 1.29 is 27.1 Å². The third kappa shape index (κ3) is 10.9. The van der Waals surface area contributed by atoms with Gasteiger partial charge in [-0.15, -0.1) is 0 Å². The van der Waals surface area contributed by atoms with Crippen molar-refractivity contribution in [1.29, 1.82) is 0 Å². The van der Waals surface area contributed by atoms with E-state index in [0.717, 1.165) is 50.2 Å². The molecule has 0 bridgehead atoms. The van der Waals surface area contributed by atoms with Gasteiger partial charge in [0.1, 0.15) is 0 Å². The lowest BCUT2D eigenvalue weighted by molar-refractivity contribution is -0.135. The number of alkyl halides is 3. The van der Waals surface area contributed by atoms with Crippen molar-refractivity contribution in [2.24, 2.45) is 5.92 Å². The van der Waals surface area contributed by atoms with E-state index in [4.69, 9.17) is 8.85 Å². The third-order valence-corrected chi connectivity index (χ3v) is 18.0. The molecule has 0 aromatic rings. The Balaban J connectivity index is 2.92. The Kier molecular flexibility index (Phi) is 14.0. The van der Waals surface area contributed by atoms with E-state index in [1.54, 1.807) is 0 Å². The summed E-state index contributed by atoms with van der Waals surface area (Å²) in [5, 5.41) is 9.58. The molecule has 3 unspecified atom stereocenters. The van der Waals surface area contributed by atoms with Gasteiger partial charge < -0.3 is 14.0 Å². The van der Waals surface area contributed by atoms with Gasteiger partial charge in [0.2, 0.25) is 0 Å². The maximum absolute atomic E-state index is 12.7. The predicted molar refractivity (Wildman–Crippen MR) is 150 cm³/mol. The van der Waals surface area contributed by atoms with Crippen molar-refractivity contribution >= 4 is 16.6 Å². The van der Waals surface area contributed by atoms with Crippen LogP contribution in [0, 0.1) is 5.92 Å². The van der Waals surface area contributed by atoms with Crippen molar-refractivity contribution in [3.63, 3.8) is 0 Å². The molecule has 0 aromatic heterocycles. The molecule has 8 heteroatoms. The molecule has 214 valence electrons. The fraction of sp³-hybridized carbons (Fsp3) is 0.929. The molecule has 0 radical (unpaired) electrons. The molecule has 3 atom stereocenters. The van der Waals surface area contributed by atoms with Gasteiger partial charge in [-0.1, -0.05) is 59.6 Å². The summed E-state index contributed by atoms with van der Waals surface area (Å²) in [5.41, 5.74) is 1.40. The molecule has 36 heavy (non-hydrogen) atoms. The van der Waals surface area contributed by atoms with Gasteiger partial charge in [0.05, 0.1) is 6.10 Å². The van der Waals surface area contributed by atoms with Crippen LogP contribution in [-0.2, 0) is 8.85 Å². The molecule has 1 aliphatic carbocycles. The fourth-order valence-corrected chi connectivity index (χ4v) is 9.45. The molecule has 0 heterocycles. The van der Waals surface area contributed by atoms with E-state index >= 15 is 0 Å². The maximum atomic E-state index is 12.7. The zero-order valence-electron chi connectivity index (χ0n) is 24.4. The monoisotopic (exact) mass is 552 g/mol. The van der Waals surface area contributed by atoms with Crippen LogP contribution in [0.2, 0.25) is 36.3 Å². The second kappa shape index (κ2) is 14.8. The van der Waals surface area contributed by atoms with Gasteiger partial charge in [-0.3, -0.25) is 0 Å². The number of hydrogen-bond acceptors (Lipinski definition) is 3. The summed E-state index contributed by atoms with van der Waals surface area (Å²) >= 11 is 0. The van der Waals surface area contributed by atoms with Gasteiger partial charge in [-0.2, -0.15) is 13.2 Å². The highest BCUT2D eigenvalue weighted by Gasteiger charge is 2.40. The molecular weight excluding hydrogens is 497 g/mol. The minimum absolute atomic E-state index is 0.0196. The quantitative estimate of drug-likeness (QED) is 0.111. The fourth-order valence-electron chi connectivity index (χ4n) is 5.12. The van der Waals surface area contributed by atoms with Crippen molar-refractivity contribution in [1.82, 2.24) is 0 Å². The van der Waals surface area contributed by atoms with Crippen LogP contribution in [-0.4, -0.2) is 46.7 Å². The van der Waals surface area contributed by atoms with Crippen molar-refractivity contribution in [3.8, 4) is 0 Å². The zero-order chi connectivity index (χ0) is 27.6. The predicted octanol–water partition coefficient (Wildman–Crippen LogP) is 9.39. The molecule has 0 aromatic carbocycles. The second-order valence-electron chi connectivity index (χ2n) is 12.3. The Morgan fingerprint density at radius 2 is 1.61 bits per heavy atom. The van der Waals surface area contributed by atoms with E-state index in [-0.39, 0.29) is 30.3 Å². The first-order valence-electron chi connectivity index (χ1n) is 14.4. The molecule has 0 spiro atoms. The van der Waals surface area contributed by atoms with E-state index in [2.05, 4.69) is 60.7 Å². The first-order valence-corrected chi connectivity index (χ1v) is 19.8. The van der Waals surface area contributed by atoms with Gasteiger partial charge in [-0.05, 0) is 81.2 Å². The van der Waals surface area contributed by atoms with Gasteiger partial charge in [0, 0.05) is 25.0 Å². The summed E-state index contributed by atoms with van der Waals surface area (Å²) in [7, 11) is -3.77. The Labute approximate surface area is 221 Å². The summed E-state index contributed by atoms with van der Waals surface area (Å²) in [6.07, 6.45) is 3.45. The average Bonchev–Trinajstić information content (AvgIpc) is 3.16. The molecule has 0 saturated carbocycles. The highest BCUT2D eigenvalue weighted by atomic mass is 28.4. The molecule has 0 amide bonds. The number of halogens is 3. The molecule has 3 nitrogen and oxygen atoms in total. The Morgan fingerprint density at radius 1 is 1.00 bits per heavy atom. The van der Waals surface area contributed by atoms with Gasteiger partial charge in [0.25, 0.3) is 0 Å². The van der Waals surface area contributed by atoms with Crippen molar-refractivity contribution in [2.75, 3.05) is 6.61 Å².